The van der Waals surface area contributed by atoms with E-state index in [1.807, 2.05) is 38.1 Å². The van der Waals surface area contributed by atoms with Crippen LogP contribution in [0.25, 0.3) is 16.7 Å². The average molecular weight is 672 g/mol. The molecule has 0 saturated carbocycles. The monoisotopic (exact) mass is 671 g/mol. The number of hydrogen-bond acceptors (Lipinski definition) is 6. The number of nitrogens with one attached hydrogen (secondary N) is 1. The van der Waals surface area contributed by atoms with E-state index in [4.69, 9.17) is 16.3 Å². The molecule has 2 aliphatic heterocycles. The van der Waals surface area contributed by atoms with Gasteiger partial charge in [0.25, 0.3) is 5.56 Å². The third-order valence-electron chi connectivity index (χ3n) is 9.20. The fourth-order valence-corrected chi connectivity index (χ4v) is 6.65. The van der Waals surface area contributed by atoms with Gasteiger partial charge in [0.15, 0.2) is 5.65 Å². The van der Waals surface area contributed by atoms with Crippen LogP contribution >= 0.6 is 11.6 Å². The van der Waals surface area contributed by atoms with Crippen LogP contribution in [-0.2, 0) is 16.1 Å². The molecule has 2 N–H and O–H groups in total. The molecule has 47 heavy (non-hydrogen) atoms. The quantitative estimate of drug-likeness (QED) is 0.274. The summed E-state index contributed by atoms with van der Waals surface area (Å²) in [6.07, 6.45) is -3.74. The van der Waals surface area contributed by atoms with E-state index in [2.05, 4.69) is 10.3 Å². The standard InChI is InChI=1S/C34H37ClF3N5O4/c1-32(2)19-39-27(18-47-32)23-8-10-24(11-9-23)43-28(35)16-25-30(43)40-21-42(31(25)45)20-33(46)12-14-41(15-13-33)29(44)17-26(34(36,37)38)22-6-4-3-5-7-22/h3-11,16,21,26-27,39,46H,12-15,17-20H2,1-2H3/t26?,27-/m1/s1. The number of piperidine rings is 1. The van der Waals surface area contributed by atoms with Gasteiger partial charge in [0.1, 0.15) is 11.5 Å². The highest BCUT2D eigenvalue weighted by molar-refractivity contribution is 6.31. The second-order valence-corrected chi connectivity index (χ2v) is 13.5. The molecule has 2 saturated heterocycles. The number of alkyl halides is 3. The molecular weight excluding hydrogens is 635 g/mol. The predicted octanol–water partition coefficient (Wildman–Crippen LogP) is 5.37. The van der Waals surface area contributed by atoms with Gasteiger partial charge in [0, 0.05) is 31.7 Å². The minimum absolute atomic E-state index is 0.0335. The molecule has 4 aromatic rings. The van der Waals surface area contributed by atoms with Crippen molar-refractivity contribution in [2.75, 3.05) is 26.2 Å². The summed E-state index contributed by atoms with van der Waals surface area (Å²) in [5.74, 6) is -2.55. The van der Waals surface area contributed by atoms with Gasteiger partial charge in [-0.25, -0.2) is 4.98 Å². The van der Waals surface area contributed by atoms with Crippen LogP contribution in [0.5, 0.6) is 0 Å². The first-order valence-corrected chi connectivity index (χ1v) is 16.0. The van der Waals surface area contributed by atoms with Crippen LogP contribution in [-0.4, -0.2) is 73.7 Å². The Kier molecular flexibility index (Phi) is 8.98. The van der Waals surface area contributed by atoms with Gasteiger partial charge < -0.3 is 20.1 Å². The van der Waals surface area contributed by atoms with E-state index in [9.17, 15) is 27.9 Å². The Balaban J connectivity index is 1.13. The second kappa shape index (κ2) is 12.7. The van der Waals surface area contributed by atoms with E-state index in [0.717, 1.165) is 17.8 Å². The molecule has 13 heteroatoms. The highest BCUT2D eigenvalue weighted by atomic mass is 35.5. The Bertz CT molecular complexity index is 1790. The SMILES string of the molecule is CC1(C)CN[C@@H](c2ccc(-n3c(Cl)cc4c(=O)n(CC5(O)CCN(C(=O)CC(c6ccccc6)C(F)(F)F)CC5)cnc43)cc2)CO1. The lowest BCUT2D eigenvalue weighted by Crippen LogP contribution is -2.50. The van der Waals surface area contributed by atoms with Crippen LogP contribution in [0.3, 0.4) is 0 Å². The lowest BCUT2D eigenvalue weighted by atomic mass is 9.89. The highest BCUT2D eigenvalue weighted by Crippen LogP contribution is 2.38. The molecule has 2 aromatic heterocycles. The molecule has 0 aliphatic carbocycles. The molecule has 2 atom stereocenters. The van der Waals surface area contributed by atoms with Crippen molar-refractivity contribution in [1.82, 2.24) is 24.3 Å². The van der Waals surface area contributed by atoms with Crippen molar-refractivity contribution in [3.05, 3.63) is 93.6 Å². The van der Waals surface area contributed by atoms with Gasteiger partial charge in [0.05, 0.1) is 41.7 Å². The molecular formula is C34H37ClF3N5O4. The van der Waals surface area contributed by atoms with Crippen molar-refractivity contribution in [2.45, 2.75) is 69.0 Å². The maximum absolute atomic E-state index is 13.8. The zero-order valence-corrected chi connectivity index (χ0v) is 26.9. The number of carbonyl (C=O) groups excluding carboxylic acids is 1. The number of morpholine rings is 1. The Morgan fingerprint density at radius 3 is 2.43 bits per heavy atom. The summed E-state index contributed by atoms with van der Waals surface area (Å²) < 4.78 is 50.4. The summed E-state index contributed by atoms with van der Waals surface area (Å²) in [5.41, 5.74) is 0.232. The third kappa shape index (κ3) is 7.11. The van der Waals surface area contributed by atoms with Gasteiger partial charge >= 0.3 is 6.18 Å². The highest BCUT2D eigenvalue weighted by Gasteiger charge is 2.43. The first-order valence-electron chi connectivity index (χ1n) is 15.6. The number of rotatable bonds is 7. The zero-order chi connectivity index (χ0) is 33.6. The Labute approximate surface area is 274 Å². The molecule has 4 heterocycles. The van der Waals surface area contributed by atoms with E-state index < -0.39 is 30.0 Å². The first-order chi connectivity index (χ1) is 22.2. The van der Waals surface area contributed by atoms with E-state index in [1.165, 1.54) is 40.1 Å². The van der Waals surface area contributed by atoms with Crippen molar-refractivity contribution in [3.8, 4) is 5.69 Å². The van der Waals surface area contributed by atoms with Gasteiger partial charge in [-0.05, 0) is 56.0 Å². The Hall–Kier alpha value is -3.71. The number of amides is 1. The topological polar surface area (TPSA) is 102 Å². The molecule has 9 nitrogen and oxygen atoms in total. The minimum atomic E-state index is -4.58. The first kappa shape index (κ1) is 33.2. The van der Waals surface area contributed by atoms with Gasteiger partial charge in [-0.2, -0.15) is 13.2 Å². The molecule has 0 bridgehead atoms. The van der Waals surface area contributed by atoms with Crippen molar-refractivity contribution in [1.29, 1.82) is 0 Å². The number of fused-ring (bicyclic) bond motifs is 1. The summed E-state index contributed by atoms with van der Waals surface area (Å²) in [4.78, 5) is 32.3. The third-order valence-corrected chi connectivity index (χ3v) is 9.47. The number of likely N-dealkylation sites (tertiary alicyclic amines) is 1. The predicted molar refractivity (Wildman–Crippen MR) is 172 cm³/mol. The second-order valence-electron chi connectivity index (χ2n) is 13.1. The molecule has 250 valence electrons. The lowest BCUT2D eigenvalue weighted by Gasteiger charge is -2.39. The number of carbonyl (C=O) groups is 1. The summed E-state index contributed by atoms with van der Waals surface area (Å²) in [7, 11) is 0. The van der Waals surface area contributed by atoms with E-state index in [1.54, 1.807) is 16.7 Å². The molecule has 1 amide bonds. The van der Waals surface area contributed by atoms with Crippen LogP contribution in [0.2, 0.25) is 5.15 Å². The zero-order valence-electron chi connectivity index (χ0n) is 26.1. The number of hydrogen-bond donors (Lipinski definition) is 2. The summed E-state index contributed by atoms with van der Waals surface area (Å²) >= 11 is 6.60. The number of aliphatic hydroxyl groups is 1. The van der Waals surface area contributed by atoms with Gasteiger partial charge in [-0.1, -0.05) is 54.1 Å². The average Bonchev–Trinajstić information content (AvgIpc) is 3.38. The van der Waals surface area contributed by atoms with Gasteiger partial charge in [0.2, 0.25) is 5.91 Å². The number of nitrogens with zero attached hydrogens (tertiary/aromatic N) is 4. The minimum Gasteiger partial charge on any atom is -0.388 e. The molecule has 6 rings (SSSR count). The normalized spacial score (nSPS) is 20.3. The maximum atomic E-state index is 13.8. The van der Waals surface area contributed by atoms with Crippen LogP contribution < -0.4 is 10.9 Å². The summed E-state index contributed by atoms with van der Waals surface area (Å²) in [6, 6.07) is 16.8. The molecule has 0 spiro atoms. The number of benzene rings is 2. The van der Waals surface area contributed by atoms with E-state index in [-0.39, 0.29) is 60.6 Å². The van der Waals surface area contributed by atoms with Crippen LogP contribution in [0.15, 0.2) is 71.8 Å². The summed E-state index contributed by atoms with van der Waals surface area (Å²) in [6.45, 7) is 5.41. The molecule has 2 aromatic carbocycles. The number of halogens is 4. The maximum Gasteiger partial charge on any atom is 0.396 e. The largest absolute Gasteiger partial charge is 0.396 e. The van der Waals surface area contributed by atoms with Gasteiger partial charge in [-0.15, -0.1) is 0 Å². The van der Waals surface area contributed by atoms with Crippen LogP contribution in [0.4, 0.5) is 13.2 Å². The van der Waals surface area contributed by atoms with Crippen molar-refractivity contribution in [2.24, 2.45) is 0 Å². The fraction of sp³-hybridized carbons (Fsp3) is 0.441. The van der Waals surface area contributed by atoms with Crippen LogP contribution in [0.1, 0.15) is 56.2 Å². The van der Waals surface area contributed by atoms with Crippen molar-refractivity contribution >= 4 is 28.5 Å². The van der Waals surface area contributed by atoms with Crippen LogP contribution in [0, 0.1) is 0 Å². The molecule has 0 radical (unpaired) electrons. The Morgan fingerprint density at radius 2 is 1.81 bits per heavy atom. The smallest absolute Gasteiger partial charge is 0.388 e. The number of aromatic nitrogens is 3. The summed E-state index contributed by atoms with van der Waals surface area (Å²) in [5, 5.41) is 15.4. The van der Waals surface area contributed by atoms with Crippen molar-refractivity contribution in [3.63, 3.8) is 0 Å². The van der Waals surface area contributed by atoms with Gasteiger partial charge in [-0.3, -0.25) is 18.7 Å². The molecule has 2 aliphatic rings. The number of ether oxygens (including phenoxy) is 1. The molecule has 1 unspecified atom stereocenters. The fourth-order valence-electron chi connectivity index (χ4n) is 6.36. The Morgan fingerprint density at radius 1 is 1.13 bits per heavy atom. The molecule has 2 fully saturated rings. The van der Waals surface area contributed by atoms with E-state index >= 15 is 0 Å². The lowest BCUT2D eigenvalue weighted by molar-refractivity contribution is -0.162. The van der Waals surface area contributed by atoms with E-state index in [0.29, 0.717) is 17.4 Å². The van der Waals surface area contributed by atoms with Crippen molar-refractivity contribution < 1.29 is 27.8 Å².